The van der Waals surface area contributed by atoms with E-state index in [1.54, 1.807) is 0 Å². The van der Waals surface area contributed by atoms with Gasteiger partial charge in [0.05, 0.1) is 26.4 Å². The van der Waals surface area contributed by atoms with Crippen LogP contribution in [0, 0.1) is 11.8 Å². The molecular formula is C8H16O2. The average molecular weight is 144 g/mol. The number of ether oxygens (including phenoxy) is 2. The molecule has 2 heteroatoms. The van der Waals surface area contributed by atoms with Crippen molar-refractivity contribution in [2.45, 2.75) is 13.8 Å². The SMILES string of the molecule is CC(C)C1COCCOC1. The molecule has 0 aromatic rings. The fourth-order valence-electron chi connectivity index (χ4n) is 1.02. The molecule has 0 spiro atoms. The van der Waals surface area contributed by atoms with Gasteiger partial charge in [-0.25, -0.2) is 0 Å². The van der Waals surface area contributed by atoms with E-state index in [9.17, 15) is 0 Å². The molecule has 1 saturated heterocycles. The van der Waals surface area contributed by atoms with Gasteiger partial charge >= 0.3 is 0 Å². The van der Waals surface area contributed by atoms with Gasteiger partial charge in [-0.05, 0) is 5.92 Å². The molecule has 10 heavy (non-hydrogen) atoms. The van der Waals surface area contributed by atoms with Crippen molar-refractivity contribution in [2.75, 3.05) is 26.4 Å². The predicted octanol–water partition coefficient (Wildman–Crippen LogP) is 1.31. The molecule has 0 unspecified atom stereocenters. The van der Waals surface area contributed by atoms with Crippen LogP contribution >= 0.6 is 0 Å². The van der Waals surface area contributed by atoms with Crippen molar-refractivity contribution >= 4 is 0 Å². The predicted molar refractivity (Wildman–Crippen MR) is 40.0 cm³/mol. The van der Waals surface area contributed by atoms with Crippen molar-refractivity contribution in [3.8, 4) is 0 Å². The largest absolute Gasteiger partial charge is 0.379 e. The van der Waals surface area contributed by atoms with E-state index in [1.807, 2.05) is 0 Å². The van der Waals surface area contributed by atoms with Gasteiger partial charge in [-0.2, -0.15) is 0 Å². The molecule has 2 nitrogen and oxygen atoms in total. The molecule has 1 fully saturated rings. The van der Waals surface area contributed by atoms with E-state index in [-0.39, 0.29) is 0 Å². The zero-order valence-corrected chi connectivity index (χ0v) is 6.80. The monoisotopic (exact) mass is 144 g/mol. The first-order valence-corrected chi connectivity index (χ1v) is 3.96. The van der Waals surface area contributed by atoms with Gasteiger partial charge in [0.2, 0.25) is 0 Å². The lowest BCUT2D eigenvalue weighted by molar-refractivity contribution is 0.103. The van der Waals surface area contributed by atoms with Crippen LogP contribution in [0.25, 0.3) is 0 Å². The van der Waals surface area contributed by atoms with Gasteiger partial charge in [-0.1, -0.05) is 13.8 Å². The molecule has 0 aliphatic carbocycles. The van der Waals surface area contributed by atoms with Gasteiger partial charge < -0.3 is 9.47 Å². The lowest BCUT2D eigenvalue weighted by Gasteiger charge is -2.16. The van der Waals surface area contributed by atoms with Crippen LogP contribution in [0.1, 0.15) is 13.8 Å². The van der Waals surface area contributed by atoms with Gasteiger partial charge in [-0.15, -0.1) is 0 Å². The summed E-state index contributed by atoms with van der Waals surface area (Å²) >= 11 is 0. The van der Waals surface area contributed by atoms with E-state index in [1.165, 1.54) is 0 Å². The van der Waals surface area contributed by atoms with E-state index in [0.717, 1.165) is 26.4 Å². The Hall–Kier alpha value is -0.0800. The van der Waals surface area contributed by atoms with Crippen LogP contribution < -0.4 is 0 Å². The molecule has 0 N–H and O–H groups in total. The van der Waals surface area contributed by atoms with Crippen LogP contribution in [0.3, 0.4) is 0 Å². The topological polar surface area (TPSA) is 18.5 Å². The summed E-state index contributed by atoms with van der Waals surface area (Å²) in [5, 5.41) is 0. The summed E-state index contributed by atoms with van der Waals surface area (Å²) in [4.78, 5) is 0. The highest BCUT2D eigenvalue weighted by Gasteiger charge is 2.15. The summed E-state index contributed by atoms with van der Waals surface area (Å²) < 4.78 is 10.7. The molecule has 1 rings (SSSR count). The Morgan fingerprint density at radius 3 is 2.00 bits per heavy atom. The van der Waals surface area contributed by atoms with Crippen LogP contribution in [-0.4, -0.2) is 26.4 Å². The van der Waals surface area contributed by atoms with Crippen LogP contribution in [0.4, 0.5) is 0 Å². The standard InChI is InChI=1S/C8H16O2/c1-7(2)8-5-9-3-4-10-6-8/h7-8H,3-6H2,1-2H3. The van der Waals surface area contributed by atoms with E-state index >= 15 is 0 Å². The molecular weight excluding hydrogens is 128 g/mol. The van der Waals surface area contributed by atoms with E-state index < -0.39 is 0 Å². The van der Waals surface area contributed by atoms with Crippen molar-refractivity contribution in [1.82, 2.24) is 0 Å². The summed E-state index contributed by atoms with van der Waals surface area (Å²) in [6, 6.07) is 0. The van der Waals surface area contributed by atoms with Crippen LogP contribution in [0.5, 0.6) is 0 Å². The maximum absolute atomic E-state index is 5.34. The Morgan fingerprint density at radius 1 is 1.10 bits per heavy atom. The molecule has 0 amide bonds. The fraction of sp³-hybridized carbons (Fsp3) is 1.00. The number of hydrogen-bond donors (Lipinski definition) is 0. The minimum absolute atomic E-state index is 0.600. The first-order chi connectivity index (χ1) is 4.80. The molecule has 0 atom stereocenters. The fourth-order valence-corrected chi connectivity index (χ4v) is 1.02. The molecule has 1 aliphatic rings. The van der Waals surface area contributed by atoms with Crippen LogP contribution in [-0.2, 0) is 9.47 Å². The molecule has 0 saturated carbocycles. The van der Waals surface area contributed by atoms with Crippen molar-refractivity contribution in [1.29, 1.82) is 0 Å². The second kappa shape index (κ2) is 3.94. The Labute approximate surface area is 62.5 Å². The summed E-state index contributed by atoms with van der Waals surface area (Å²) in [5.74, 6) is 1.28. The minimum atomic E-state index is 0.600. The number of hydrogen-bond acceptors (Lipinski definition) is 2. The van der Waals surface area contributed by atoms with Gasteiger partial charge in [0.25, 0.3) is 0 Å². The zero-order chi connectivity index (χ0) is 7.40. The Morgan fingerprint density at radius 2 is 1.60 bits per heavy atom. The van der Waals surface area contributed by atoms with Crippen molar-refractivity contribution in [3.63, 3.8) is 0 Å². The van der Waals surface area contributed by atoms with Gasteiger partial charge in [0.1, 0.15) is 0 Å². The highest BCUT2D eigenvalue weighted by Crippen LogP contribution is 2.13. The second-order valence-corrected chi connectivity index (χ2v) is 3.15. The third-order valence-electron chi connectivity index (χ3n) is 1.98. The van der Waals surface area contributed by atoms with Crippen molar-refractivity contribution < 1.29 is 9.47 Å². The van der Waals surface area contributed by atoms with Crippen LogP contribution in [0.2, 0.25) is 0 Å². The zero-order valence-electron chi connectivity index (χ0n) is 6.80. The minimum Gasteiger partial charge on any atom is -0.379 e. The summed E-state index contributed by atoms with van der Waals surface area (Å²) in [7, 11) is 0. The molecule has 60 valence electrons. The Balaban J connectivity index is 2.28. The third kappa shape index (κ3) is 2.27. The maximum atomic E-state index is 5.34. The summed E-state index contributed by atoms with van der Waals surface area (Å²) in [5.41, 5.74) is 0. The van der Waals surface area contributed by atoms with E-state index in [2.05, 4.69) is 13.8 Å². The third-order valence-corrected chi connectivity index (χ3v) is 1.98. The normalized spacial score (nSPS) is 23.1. The molecule has 1 heterocycles. The average Bonchev–Trinajstić information content (AvgIpc) is 2.12. The maximum Gasteiger partial charge on any atom is 0.0700 e. The summed E-state index contributed by atoms with van der Waals surface area (Å²) in [6.45, 7) is 7.70. The highest BCUT2D eigenvalue weighted by molar-refractivity contribution is 4.63. The Kier molecular flexibility index (Phi) is 3.16. The molecule has 0 radical (unpaired) electrons. The summed E-state index contributed by atoms with van der Waals surface area (Å²) in [6.07, 6.45) is 0. The molecule has 1 aliphatic heterocycles. The van der Waals surface area contributed by atoms with Gasteiger partial charge in [0, 0.05) is 5.92 Å². The van der Waals surface area contributed by atoms with Crippen LogP contribution in [0.15, 0.2) is 0 Å². The first-order valence-electron chi connectivity index (χ1n) is 3.96. The first kappa shape index (κ1) is 8.02. The van der Waals surface area contributed by atoms with Gasteiger partial charge in [-0.3, -0.25) is 0 Å². The second-order valence-electron chi connectivity index (χ2n) is 3.15. The highest BCUT2D eigenvalue weighted by atomic mass is 16.5. The van der Waals surface area contributed by atoms with E-state index in [4.69, 9.17) is 9.47 Å². The molecule has 0 aromatic carbocycles. The van der Waals surface area contributed by atoms with Crippen molar-refractivity contribution in [3.05, 3.63) is 0 Å². The quantitative estimate of drug-likeness (QED) is 0.552. The van der Waals surface area contributed by atoms with Crippen molar-refractivity contribution in [2.24, 2.45) is 11.8 Å². The molecule has 0 bridgehead atoms. The lowest BCUT2D eigenvalue weighted by atomic mass is 9.98. The smallest absolute Gasteiger partial charge is 0.0700 e. The number of rotatable bonds is 1. The lowest BCUT2D eigenvalue weighted by Crippen LogP contribution is -2.18. The van der Waals surface area contributed by atoms with E-state index in [0.29, 0.717) is 11.8 Å². The Bertz CT molecular complexity index is 83.3. The van der Waals surface area contributed by atoms with Gasteiger partial charge in [0.15, 0.2) is 0 Å². The molecule has 0 aromatic heterocycles.